The molecule has 1 aromatic heterocycles. The van der Waals surface area contributed by atoms with Crippen LogP contribution in [0.15, 0.2) is 82.2 Å². The molecule has 1 heterocycles. The zero-order chi connectivity index (χ0) is 22.9. The fraction of sp³-hybridized carbons (Fsp3) is 0.185. The molecular weight excluding hydrogens is 404 g/mol. The number of esters is 1. The third-order valence-corrected chi connectivity index (χ3v) is 5.13. The van der Waals surface area contributed by atoms with E-state index in [-0.39, 0.29) is 22.3 Å². The SMILES string of the molecule is Cc1cccc(Oc2coc3cc(OC(=O)c4ccc(C(C)(C)C)cc4)ccc3c2=O)c1. The molecule has 4 aromatic rings. The fourth-order valence-corrected chi connectivity index (χ4v) is 3.30. The largest absolute Gasteiger partial charge is 0.460 e. The maximum Gasteiger partial charge on any atom is 0.343 e. The summed E-state index contributed by atoms with van der Waals surface area (Å²) in [5, 5.41) is 0.337. The van der Waals surface area contributed by atoms with Crippen molar-refractivity contribution < 1.29 is 18.7 Å². The Kier molecular flexibility index (Phi) is 5.57. The lowest BCUT2D eigenvalue weighted by atomic mass is 9.87. The Labute approximate surface area is 186 Å². The zero-order valence-corrected chi connectivity index (χ0v) is 18.5. The normalized spacial score (nSPS) is 11.4. The number of hydrogen-bond acceptors (Lipinski definition) is 5. The van der Waals surface area contributed by atoms with Gasteiger partial charge in [-0.05, 0) is 59.9 Å². The Bertz CT molecular complexity index is 1340. The van der Waals surface area contributed by atoms with Crippen LogP contribution >= 0.6 is 0 Å². The maximum absolute atomic E-state index is 12.8. The summed E-state index contributed by atoms with van der Waals surface area (Å²) in [6, 6.07) is 19.4. The minimum atomic E-state index is -0.480. The number of fused-ring (bicyclic) bond motifs is 1. The average Bonchev–Trinajstić information content (AvgIpc) is 2.75. The molecule has 0 aliphatic carbocycles. The molecule has 0 N–H and O–H groups in total. The second-order valence-corrected chi connectivity index (χ2v) is 8.72. The summed E-state index contributed by atoms with van der Waals surface area (Å²) in [4.78, 5) is 25.3. The van der Waals surface area contributed by atoms with E-state index in [1.165, 1.54) is 12.3 Å². The molecule has 0 amide bonds. The number of carbonyl (C=O) groups excluding carboxylic acids is 1. The highest BCUT2D eigenvalue weighted by molar-refractivity contribution is 5.91. The van der Waals surface area contributed by atoms with Crippen LogP contribution in [0, 0.1) is 6.92 Å². The minimum absolute atomic E-state index is 0.000228. The molecule has 0 unspecified atom stereocenters. The number of benzene rings is 3. The van der Waals surface area contributed by atoms with Crippen molar-refractivity contribution in [1.29, 1.82) is 0 Å². The van der Waals surface area contributed by atoms with Gasteiger partial charge in [0, 0.05) is 6.07 Å². The van der Waals surface area contributed by atoms with E-state index in [9.17, 15) is 9.59 Å². The second-order valence-electron chi connectivity index (χ2n) is 8.72. The third kappa shape index (κ3) is 4.57. The van der Waals surface area contributed by atoms with Crippen LogP contribution in [-0.4, -0.2) is 5.97 Å². The van der Waals surface area contributed by atoms with Crippen LogP contribution in [0.4, 0.5) is 0 Å². The first kappa shape index (κ1) is 21.4. The molecule has 0 radical (unpaired) electrons. The van der Waals surface area contributed by atoms with E-state index in [2.05, 4.69) is 20.8 Å². The predicted octanol–water partition coefficient (Wildman–Crippen LogP) is 6.41. The molecule has 0 saturated carbocycles. The Morgan fingerprint density at radius 2 is 1.66 bits per heavy atom. The van der Waals surface area contributed by atoms with Crippen molar-refractivity contribution in [3.05, 3.63) is 99.9 Å². The minimum Gasteiger partial charge on any atom is -0.460 e. The van der Waals surface area contributed by atoms with Gasteiger partial charge in [0.2, 0.25) is 11.2 Å². The first-order valence-corrected chi connectivity index (χ1v) is 10.3. The highest BCUT2D eigenvalue weighted by Crippen LogP contribution is 2.26. The fourth-order valence-electron chi connectivity index (χ4n) is 3.30. The first-order chi connectivity index (χ1) is 15.2. The molecule has 5 heteroatoms. The van der Waals surface area contributed by atoms with Gasteiger partial charge in [-0.1, -0.05) is 45.0 Å². The van der Waals surface area contributed by atoms with Crippen molar-refractivity contribution in [3.63, 3.8) is 0 Å². The summed E-state index contributed by atoms with van der Waals surface area (Å²) in [5.41, 5.74) is 2.60. The molecule has 0 spiro atoms. The summed E-state index contributed by atoms with van der Waals surface area (Å²) < 4.78 is 16.8. The van der Waals surface area contributed by atoms with Gasteiger partial charge in [0.15, 0.2) is 0 Å². The number of aryl methyl sites for hydroxylation is 1. The third-order valence-electron chi connectivity index (χ3n) is 5.13. The molecule has 0 bridgehead atoms. The molecule has 0 aliphatic rings. The standard InChI is InChI=1S/C27H24O5/c1-17-6-5-7-20(14-17)31-24-16-30-23-15-21(12-13-22(23)25(24)28)32-26(29)18-8-10-19(11-9-18)27(2,3)4/h5-16H,1-4H3. The molecule has 3 aromatic carbocycles. The lowest BCUT2D eigenvalue weighted by Crippen LogP contribution is -2.13. The van der Waals surface area contributed by atoms with Crippen molar-refractivity contribution >= 4 is 16.9 Å². The quantitative estimate of drug-likeness (QED) is 0.278. The topological polar surface area (TPSA) is 65.7 Å². The maximum atomic E-state index is 12.8. The van der Waals surface area contributed by atoms with Crippen molar-refractivity contribution in [2.24, 2.45) is 0 Å². The number of ether oxygens (including phenoxy) is 2. The van der Waals surface area contributed by atoms with Gasteiger partial charge in [0.05, 0.1) is 10.9 Å². The molecule has 162 valence electrons. The van der Waals surface area contributed by atoms with Gasteiger partial charge in [-0.25, -0.2) is 4.79 Å². The van der Waals surface area contributed by atoms with Gasteiger partial charge in [-0.15, -0.1) is 0 Å². The number of carbonyl (C=O) groups is 1. The van der Waals surface area contributed by atoms with E-state index in [1.54, 1.807) is 30.3 Å². The zero-order valence-electron chi connectivity index (χ0n) is 18.5. The van der Waals surface area contributed by atoms with Gasteiger partial charge < -0.3 is 13.9 Å². The number of hydrogen-bond donors (Lipinski definition) is 0. The van der Waals surface area contributed by atoms with Gasteiger partial charge in [0.1, 0.15) is 23.3 Å². The molecule has 5 nitrogen and oxygen atoms in total. The Balaban J connectivity index is 1.55. The van der Waals surface area contributed by atoms with Crippen LogP contribution in [0.3, 0.4) is 0 Å². The lowest BCUT2D eigenvalue weighted by Gasteiger charge is -2.18. The van der Waals surface area contributed by atoms with Crippen LogP contribution in [0.25, 0.3) is 11.0 Å². The van der Waals surface area contributed by atoms with Crippen molar-refractivity contribution in [1.82, 2.24) is 0 Å². The van der Waals surface area contributed by atoms with E-state index in [0.29, 0.717) is 22.3 Å². The monoisotopic (exact) mass is 428 g/mol. The molecule has 0 aliphatic heterocycles. The van der Waals surface area contributed by atoms with Crippen LogP contribution in [-0.2, 0) is 5.41 Å². The average molecular weight is 428 g/mol. The van der Waals surface area contributed by atoms with Gasteiger partial charge in [-0.3, -0.25) is 4.79 Å². The summed E-state index contributed by atoms with van der Waals surface area (Å²) in [7, 11) is 0. The second kappa shape index (κ2) is 8.35. The molecule has 4 rings (SSSR count). The number of rotatable bonds is 4. The lowest BCUT2D eigenvalue weighted by molar-refractivity contribution is 0.0735. The molecule has 0 fully saturated rings. The van der Waals surface area contributed by atoms with Crippen LogP contribution in [0.1, 0.15) is 42.3 Å². The van der Waals surface area contributed by atoms with Crippen LogP contribution in [0.2, 0.25) is 0 Å². The summed E-state index contributed by atoms with van der Waals surface area (Å²) in [6.07, 6.45) is 1.27. The Hall–Kier alpha value is -3.86. The van der Waals surface area contributed by atoms with E-state index in [0.717, 1.165) is 11.1 Å². The van der Waals surface area contributed by atoms with Gasteiger partial charge >= 0.3 is 5.97 Å². The van der Waals surface area contributed by atoms with E-state index in [4.69, 9.17) is 13.9 Å². The van der Waals surface area contributed by atoms with Crippen molar-refractivity contribution in [3.8, 4) is 17.2 Å². The summed E-state index contributed by atoms with van der Waals surface area (Å²) >= 11 is 0. The van der Waals surface area contributed by atoms with Gasteiger partial charge in [-0.2, -0.15) is 0 Å². The summed E-state index contributed by atoms with van der Waals surface area (Å²) in [6.45, 7) is 8.28. The molecular formula is C27H24O5. The molecule has 0 saturated heterocycles. The van der Waals surface area contributed by atoms with E-state index >= 15 is 0 Å². The predicted molar refractivity (Wildman–Crippen MR) is 124 cm³/mol. The van der Waals surface area contributed by atoms with Crippen LogP contribution in [0.5, 0.6) is 17.2 Å². The Morgan fingerprint density at radius 1 is 0.906 bits per heavy atom. The van der Waals surface area contributed by atoms with E-state index < -0.39 is 5.97 Å². The Morgan fingerprint density at radius 3 is 2.34 bits per heavy atom. The molecule has 32 heavy (non-hydrogen) atoms. The first-order valence-electron chi connectivity index (χ1n) is 10.3. The van der Waals surface area contributed by atoms with Crippen molar-refractivity contribution in [2.45, 2.75) is 33.1 Å². The van der Waals surface area contributed by atoms with Gasteiger partial charge in [0.25, 0.3) is 0 Å². The van der Waals surface area contributed by atoms with E-state index in [1.807, 2.05) is 37.3 Å². The highest BCUT2D eigenvalue weighted by atomic mass is 16.5. The highest BCUT2D eigenvalue weighted by Gasteiger charge is 2.16. The van der Waals surface area contributed by atoms with Crippen molar-refractivity contribution in [2.75, 3.05) is 0 Å². The summed E-state index contributed by atoms with van der Waals surface area (Å²) in [5.74, 6) is 0.455. The smallest absolute Gasteiger partial charge is 0.343 e. The van der Waals surface area contributed by atoms with Crippen LogP contribution < -0.4 is 14.9 Å². The molecule has 0 atom stereocenters.